The second-order valence-corrected chi connectivity index (χ2v) is 5.04. The largest absolute Gasteiger partial charge is 0.395 e. The van der Waals surface area contributed by atoms with Crippen LogP contribution in [0.15, 0.2) is 42.6 Å². The van der Waals surface area contributed by atoms with Crippen LogP contribution >= 0.6 is 0 Å². The van der Waals surface area contributed by atoms with Crippen LogP contribution in [0, 0.1) is 0 Å². The monoisotopic (exact) mass is 257 g/mol. The van der Waals surface area contributed by atoms with Crippen molar-refractivity contribution in [3.05, 3.63) is 48.3 Å². The highest BCUT2D eigenvalue weighted by atomic mass is 16.3. The van der Waals surface area contributed by atoms with Gasteiger partial charge in [0.2, 0.25) is 0 Å². The van der Waals surface area contributed by atoms with Crippen molar-refractivity contribution in [1.82, 2.24) is 14.7 Å². The summed E-state index contributed by atoms with van der Waals surface area (Å²) in [7, 11) is 0. The minimum Gasteiger partial charge on any atom is -0.395 e. The summed E-state index contributed by atoms with van der Waals surface area (Å²) in [5.74, 6) is 0. The van der Waals surface area contributed by atoms with E-state index >= 15 is 0 Å². The fourth-order valence-corrected chi connectivity index (χ4v) is 2.69. The molecule has 1 atom stereocenters. The first-order valence-corrected chi connectivity index (χ1v) is 6.82. The Balaban J connectivity index is 1.72. The van der Waals surface area contributed by atoms with E-state index in [-0.39, 0.29) is 6.61 Å². The number of rotatable bonds is 4. The molecule has 0 radical (unpaired) electrons. The minimum atomic E-state index is 0.249. The Kier molecular flexibility index (Phi) is 3.62. The highest BCUT2D eigenvalue weighted by molar-refractivity contribution is 5.30. The fraction of sp³-hybridized carbons (Fsp3) is 0.400. The Morgan fingerprint density at radius 3 is 2.84 bits per heavy atom. The van der Waals surface area contributed by atoms with E-state index in [2.05, 4.69) is 16.1 Å². The average Bonchev–Trinajstić information content (AvgIpc) is 3.09. The standard InChI is InChI=1S/C15H19N3O/c19-12-15-7-4-9-17(15)11-13-8-10-18(16-13)14-5-2-1-3-6-14/h1-3,5-6,8,10,15,19H,4,7,9,11-12H2/t15-/m0/s1. The molecule has 4 heteroatoms. The van der Waals surface area contributed by atoms with Crippen LogP contribution in [0.1, 0.15) is 18.5 Å². The summed E-state index contributed by atoms with van der Waals surface area (Å²) in [6.07, 6.45) is 4.26. The second-order valence-electron chi connectivity index (χ2n) is 5.04. The Morgan fingerprint density at radius 2 is 2.05 bits per heavy atom. The quantitative estimate of drug-likeness (QED) is 0.908. The molecule has 3 rings (SSSR count). The Labute approximate surface area is 113 Å². The topological polar surface area (TPSA) is 41.3 Å². The third-order valence-electron chi connectivity index (χ3n) is 3.74. The molecule has 2 heterocycles. The molecule has 0 bridgehead atoms. The minimum absolute atomic E-state index is 0.249. The molecule has 100 valence electrons. The molecule has 0 spiro atoms. The van der Waals surface area contributed by atoms with Crippen molar-refractivity contribution in [3.63, 3.8) is 0 Å². The zero-order valence-corrected chi connectivity index (χ0v) is 10.9. The van der Waals surface area contributed by atoms with Crippen LogP contribution in [0.2, 0.25) is 0 Å². The van der Waals surface area contributed by atoms with E-state index in [1.165, 1.54) is 6.42 Å². The van der Waals surface area contributed by atoms with Gasteiger partial charge in [-0.05, 0) is 37.6 Å². The number of aliphatic hydroxyl groups is 1. The molecule has 0 saturated carbocycles. The van der Waals surface area contributed by atoms with Crippen molar-refractivity contribution >= 4 is 0 Å². The third kappa shape index (κ3) is 2.69. The lowest BCUT2D eigenvalue weighted by atomic mass is 10.2. The summed E-state index contributed by atoms with van der Waals surface area (Å²) in [5.41, 5.74) is 2.14. The predicted molar refractivity (Wildman–Crippen MR) is 74.1 cm³/mol. The second kappa shape index (κ2) is 5.55. The van der Waals surface area contributed by atoms with Crippen LogP contribution in [0.4, 0.5) is 0 Å². The van der Waals surface area contributed by atoms with E-state index in [1.807, 2.05) is 41.2 Å². The number of aliphatic hydroxyl groups excluding tert-OH is 1. The van der Waals surface area contributed by atoms with Gasteiger partial charge in [-0.15, -0.1) is 0 Å². The van der Waals surface area contributed by atoms with E-state index in [9.17, 15) is 5.11 Å². The van der Waals surface area contributed by atoms with Crippen molar-refractivity contribution in [2.75, 3.05) is 13.2 Å². The molecular formula is C15H19N3O. The Hall–Kier alpha value is -1.65. The van der Waals surface area contributed by atoms with Gasteiger partial charge in [-0.1, -0.05) is 18.2 Å². The number of para-hydroxylation sites is 1. The summed E-state index contributed by atoms with van der Waals surface area (Å²) >= 11 is 0. The zero-order valence-electron chi connectivity index (χ0n) is 10.9. The molecule has 0 aliphatic carbocycles. The van der Waals surface area contributed by atoms with Gasteiger partial charge in [0, 0.05) is 18.8 Å². The van der Waals surface area contributed by atoms with Crippen LogP contribution in [0.3, 0.4) is 0 Å². The van der Waals surface area contributed by atoms with Crippen LogP contribution in [-0.4, -0.2) is 39.0 Å². The summed E-state index contributed by atoms with van der Waals surface area (Å²) in [4.78, 5) is 2.32. The highest BCUT2D eigenvalue weighted by Crippen LogP contribution is 2.19. The van der Waals surface area contributed by atoms with Crippen molar-refractivity contribution < 1.29 is 5.11 Å². The molecule has 2 aromatic rings. The van der Waals surface area contributed by atoms with Gasteiger partial charge in [0.1, 0.15) is 0 Å². The predicted octanol–water partition coefficient (Wildman–Crippen LogP) is 1.83. The van der Waals surface area contributed by atoms with Gasteiger partial charge >= 0.3 is 0 Å². The van der Waals surface area contributed by atoms with E-state index in [0.29, 0.717) is 6.04 Å². The highest BCUT2D eigenvalue weighted by Gasteiger charge is 2.24. The average molecular weight is 257 g/mol. The van der Waals surface area contributed by atoms with Gasteiger partial charge in [-0.2, -0.15) is 5.10 Å². The molecule has 1 fully saturated rings. The first-order valence-electron chi connectivity index (χ1n) is 6.82. The number of likely N-dealkylation sites (tertiary alicyclic amines) is 1. The van der Waals surface area contributed by atoms with Crippen molar-refractivity contribution in [3.8, 4) is 5.69 Å². The molecular weight excluding hydrogens is 238 g/mol. The van der Waals surface area contributed by atoms with E-state index in [4.69, 9.17) is 0 Å². The molecule has 0 amide bonds. The molecule has 1 saturated heterocycles. The van der Waals surface area contributed by atoms with E-state index < -0.39 is 0 Å². The Morgan fingerprint density at radius 1 is 1.21 bits per heavy atom. The smallest absolute Gasteiger partial charge is 0.0769 e. The van der Waals surface area contributed by atoms with Gasteiger partial charge in [0.25, 0.3) is 0 Å². The maximum atomic E-state index is 9.33. The molecule has 1 aromatic heterocycles. The van der Waals surface area contributed by atoms with E-state index in [0.717, 1.165) is 30.9 Å². The number of nitrogens with zero attached hydrogens (tertiary/aromatic N) is 3. The molecule has 1 aromatic carbocycles. The van der Waals surface area contributed by atoms with Gasteiger partial charge in [-0.3, -0.25) is 4.90 Å². The lowest BCUT2D eigenvalue weighted by Crippen LogP contribution is -2.31. The van der Waals surface area contributed by atoms with Crippen molar-refractivity contribution in [1.29, 1.82) is 0 Å². The summed E-state index contributed by atoms with van der Waals surface area (Å²) in [5, 5.41) is 13.9. The van der Waals surface area contributed by atoms with Crippen LogP contribution in [0.5, 0.6) is 0 Å². The first kappa shape index (κ1) is 12.4. The SMILES string of the molecule is OC[C@@H]1CCCN1Cc1ccn(-c2ccccc2)n1. The maximum Gasteiger partial charge on any atom is 0.0769 e. The van der Waals surface area contributed by atoms with Crippen LogP contribution in [-0.2, 0) is 6.54 Å². The summed E-state index contributed by atoms with van der Waals surface area (Å²) in [6, 6.07) is 12.5. The van der Waals surface area contributed by atoms with Crippen molar-refractivity contribution in [2.45, 2.75) is 25.4 Å². The lowest BCUT2D eigenvalue weighted by Gasteiger charge is -2.21. The molecule has 19 heavy (non-hydrogen) atoms. The molecule has 4 nitrogen and oxygen atoms in total. The molecule has 1 N–H and O–H groups in total. The Bertz CT molecular complexity index is 523. The summed E-state index contributed by atoms with van der Waals surface area (Å²) in [6.45, 7) is 2.13. The number of benzene rings is 1. The fourth-order valence-electron chi connectivity index (χ4n) is 2.69. The normalized spacial score (nSPS) is 19.9. The lowest BCUT2D eigenvalue weighted by molar-refractivity contribution is 0.152. The maximum absolute atomic E-state index is 9.33. The van der Waals surface area contributed by atoms with Gasteiger partial charge in [0.05, 0.1) is 18.0 Å². The summed E-state index contributed by atoms with van der Waals surface area (Å²) < 4.78 is 1.90. The van der Waals surface area contributed by atoms with Crippen LogP contribution in [0.25, 0.3) is 5.69 Å². The zero-order chi connectivity index (χ0) is 13.1. The van der Waals surface area contributed by atoms with Gasteiger partial charge in [0.15, 0.2) is 0 Å². The number of aromatic nitrogens is 2. The van der Waals surface area contributed by atoms with Crippen LogP contribution < -0.4 is 0 Å². The van der Waals surface area contributed by atoms with Gasteiger partial charge in [-0.25, -0.2) is 4.68 Å². The molecule has 1 aliphatic heterocycles. The molecule has 1 aliphatic rings. The first-order chi connectivity index (χ1) is 9.36. The number of hydrogen-bond donors (Lipinski definition) is 1. The van der Waals surface area contributed by atoms with Crippen molar-refractivity contribution in [2.24, 2.45) is 0 Å². The third-order valence-corrected chi connectivity index (χ3v) is 3.74. The molecule has 0 unspecified atom stereocenters. The number of hydrogen-bond acceptors (Lipinski definition) is 3. The van der Waals surface area contributed by atoms with Gasteiger partial charge < -0.3 is 5.11 Å². The van der Waals surface area contributed by atoms with E-state index in [1.54, 1.807) is 0 Å².